The zero-order valence-electron chi connectivity index (χ0n) is 16.1. The van der Waals surface area contributed by atoms with E-state index in [2.05, 4.69) is 26.9 Å². The number of nitrogens with zero attached hydrogens (tertiary/aromatic N) is 2. The Balaban J connectivity index is 1.68. The van der Waals surface area contributed by atoms with E-state index in [9.17, 15) is 8.42 Å². The fraction of sp³-hybridized carbons (Fsp3) is 0.611. The maximum absolute atomic E-state index is 12.7. The van der Waals surface area contributed by atoms with Gasteiger partial charge in [0.2, 0.25) is 5.96 Å². The van der Waals surface area contributed by atoms with Gasteiger partial charge in [0.15, 0.2) is 11.5 Å². The number of benzene rings is 1. The van der Waals surface area contributed by atoms with Crippen molar-refractivity contribution in [3.05, 3.63) is 18.2 Å². The van der Waals surface area contributed by atoms with Gasteiger partial charge in [-0.05, 0) is 30.9 Å². The Hall–Kier alpha value is -2.00. The Morgan fingerprint density at radius 2 is 1.93 bits per heavy atom. The summed E-state index contributed by atoms with van der Waals surface area (Å²) in [7, 11) is -0.797. The van der Waals surface area contributed by atoms with Crippen LogP contribution in [0.2, 0.25) is 0 Å². The highest BCUT2D eigenvalue weighted by Crippen LogP contribution is 2.30. The zero-order chi connectivity index (χ0) is 19.4. The first kappa shape index (κ1) is 19.8. The van der Waals surface area contributed by atoms with E-state index in [1.807, 2.05) is 0 Å². The largest absolute Gasteiger partial charge is 0.493 e. The summed E-state index contributed by atoms with van der Waals surface area (Å²) in [6.45, 7) is 3.36. The number of nitrogens with one attached hydrogen (secondary N) is 2. The normalized spacial score (nSPS) is 23.9. The van der Waals surface area contributed by atoms with Gasteiger partial charge in [-0.2, -0.15) is 0 Å². The van der Waals surface area contributed by atoms with Crippen molar-refractivity contribution in [2.75, 3.05) is 27.6 Å². The topological polar surface area (TPSA) is 92.3 Å². The molecule has 27 heavy (non-hydrogen) atoms. The molecular formula is C18H28N4O4S. The Labute approximate surface area is 161 Å². The summed E-state index contributed by atoms with van der Waals surface area (Å²) in [5.41, 5.74) is 0. The van der Waals surface area contributed by atoms with Crippen LogP contribution in [0.4, 0.5) is 0 Å². The summed E-state index contributed by atoms with van der Waals surface area (Å²) in [6, 6.07) is 4.97. The third-order valence-corrected chi connectivity index (χ3v) is 6.63. The van der Waals surface area contributed by atoms with Gasteiger partial charge in [-0.15, -0.1) is 0 Å². The number of aliphatic imine (C=N–C) groups is 1. The molecule has 9 heteroatoms. The van der Waals surface area contributed by atoms with E-state index < -0.39 is 10.0 Å². The van der Waals surface area contributed by atoms with Crippen LogP contribution < -0.4 is 19.5 Å². The molecule has 1 aliphatic carbocycles. The van der Waals surface area contributed by atoms with Crippen molar-refractivity contribution < 1.29 is 17.9 Å². The number of ether oxygens (including phenoxy) is 2. The monoisotopic (exact) mass is 396 g/mol. The Morgan fingerprint density at radius 3 is 2.56 bits per heavy atom. The molecule has 0 bridgehead atoms. The smallest absolute Gasteiger partial charge is 0.264 e. The zero-order valence-corrected chi connectivity index (χ0v) is 16.9. The van der Waals surface area contributed by atoms with Crippen LogP contribution >= 0.6 is 0 Å². The highest BCUT2D eigenvalue weighted by Gasteiger charge is 2.29. The molecule has 1 aliphatic heterocycles. The Morgan fingerprint density at radius 1 is 1.19 bits per heavy atom. The molecule has 150 valence electrons. The fourth-order valence-electron chi connectivity index (χ4n) is 3.74. The van der Waals surface area contributed by atoms with Crippen LogP contribution in [0.1, 0.15) is 32.6 Å². The minimum absolute atomic E-state index is 0.0907. The summed E-state index contributed by atoms with van der Waals surface area (Å²) >= 11 is 0. The van der Waals surface area contributed by atoms with Crippen molar-refractivity contribution in [2.45, 2.75) is 43.5 Å². The van der Waals surface area contributed by atoms with Gasteiger partial charge in [0.1, 0.15) is 0 Å². The van der Waals surface area contributed by atoms with E-state index in [-0.39, 0.29) is 10.9 Å². The SMILES string of the molecule is COc1ccc(S(=O)(=O)NC2=NCN([C@H]3CCCC[C@@H]3C)CN2)cc1OC. The lowest BCUT2D eigenvalue weighted by molar-refractivity contribution is 0.106. The first-order valence-corrected chi connectivity index (χ1v) is 10.7. The van der Waals surface area contributed by atoms with Gasteiger partial charge in [0.05, 0.1) is 32.5 Å². The molecular weight excluding hydrogens is 368 g/mol. The van der Waals surface area contributed by atoms with Crippen LogP contribution in [0.15, 0.2) is 28.1 Å². The first-order valence-electron chi connectivity index (χ1n) is 9.22. The highest BCUT2D eigenvalue weighted by atomic mass is 32.2. The number of hydrogen-bond donors (Lipinski definition) is 2. The van der Waals surface area contributed by atoms with Gasteiger partial charge < -0.3 is 14.8 Å². The van der Waals surface area contributed by atoms with Gasteiger partial charge >= 0.3 is 0 Å². The molecule has 2 N–H and O–H groups in total. The molecule has 0 amide bonds. The second-order valence-corrected chi connectivity index (χ2v) is 8.71. The Bertz CT molecular complexity index is 797. The van der Waals surface area contributed by atoms with Gasteiger partial charge in [0.25, 0.3) is 10.0 Å². The van der Waals surface area contributed by atoms with Gasteiger partial charge in [-0.25, -0.2) is 18.1 Å². The third kappa shape index (κ3) is 4.47. The van der Waals surface area contributed by atoms with Crippen LogP contribution in [0.25, 0.3) is 0 Å². The minimum atomic E-state index is -3.77. The average Bonchev–Trinajstić information content (AvgIpc) is 2.68. The lowest BCUT2D eigenvalue weighted by Gasteiger charge is -2.39. The van der Waals surface area contributed by atoms with Crippen LogP contribution in [0.5, 0.6) is 11.5 Å². The molecule has 1 saturated carbocycles. The van der Waals surface area contributed by atoms with Crippen molar-refractivity contribution in [3.63, 3.8) is 0 Å². The molecule has 8 nitrogen and oxygen atoms in total. The molecule has 2 atom stereocenters. The van der Waals surface area contributed by atoms with E-state index in [0.717, 1.165) is 0 Å². The summed E-state index contributed by atoms with van der Waals surface area (Å²) in [5, 5.41) is 3.09. The lowest BCUT2D eigenvalue weighted by Crippen LogP contribution is -2.54. The van der Waals surface area contributed by atoms with E-state index in [4.69, 9.17) is 9.47 Å². The summed E-state index contributed by atoms with van der Waals surface area (Å²) < 4.78 is 38.2. The van der Waals surface area contributed by atoms with Gasteiger partial charge in [0, 0.05) is 12.1 Å². The predicted molar refractivity (Wildman–Crippen MR) is 103 cm³/mol. The standard InChI is InChI=1S/C18H28N4O4S/c1-13-6-4-5-7-15(13)22-11-19-18(20-12-22)21-27(23,24)14-8-9-16(25-2)17(10-14)26-3/h8-10,13,15H,4-7,11-12H2,1-3H3,(H2,19,20,21)/t13-,15-/m0/s1. The quantitative estimate of drug-likeness (QED) is 0.788. The third-order valence-electron chi connectivity index (χ3n) is 5.29. The van der Waals surface area contributed by atoms with E-state index >= 15 is 0 Å². The van der Waals surface area contributed by atoms with E-state index in [1.165, 1.54) is 52.0 Å². The number of methoxy groups -OCH3 is 2. The molecule has 0 saturated heterocycles. The lowest BCUT2D eigenvalue weighted by atomic mass is 9.85. The average molecular weight is 397 g/mol. The van der Waals surface area contributed by atoms with Gasteiger partial charge in [-0.1, -0.05) is 19.8 Å². The number of rotatable bonds is 5. The molecule has 0 aromatic heterocycles. The maximum atomic E-state index is 12.7. The molecule has 2 aliphatic rings. The summed E-state index contributed by atoms with van der Waals surface area (Å²) in [4.78, 5) is 6.76. The van der Waals surface area contributed by atoms with E-state index in [0.29, 0.717) is 36.8 Å². The van der Waals surface area contributed by atoms with Crippen molar-refractivity contribution >= 4 is 16.0 Å². The van der Waals surface area contributed by atoms with Crippen molar-refractivity contribution in [1.82, 2.24) is 14.9 Å². The summed E-state index contributed by atoms with van der Waals surface area (Å²) in [5.74, 6) is 1.74. The number of guanidine groups is 1. The second kappa shape index (κ2) is 8.35. The van der Waals surface area contributed by atoms with Crippen LogP contribution in [0, 0.1) is 5.92 Å². The van der Waals surface area contributed by atoms with Crippen LogP contribution in [-0.2, 0) is 10.0 Å². The molecule has 1 fully saturated rings. The fourth-order valence-corrected chi connectivity index (χ4v) is 4.76. The summed E-state index contributed by atoms with van der Waals surface area (Å²) in [6.07, 6.45) is 4.95. The first-order chi connectivity index (χ1) is 12.9. The highest BCUT2D eigenvalue weighted by molar-refractivity contribution is 7.90. The molecule has 0 radical (unpaired) electrons. The molecule has 0 spiro atoms. The number of hydrogen-bond acceptors (Lipinski definition) is 7. The Kier molecular flexibility index (Phi) is 6.11. The molecule has 1 heterocycles. The van der Waals surface area contributed by atoms with Crippen molar-refractivity contribution in [2.24, 2.45) is 10.9 Å². The van der Waals surface area contributed by atoms with Gasteiger partial charge in [-0.3, -0.25) is 4.90 Å². The maximum Gasteiger partial charge on any atom is 0.264 e. The van der Waals surface area contributed by atoms with Crippen LogP contribution in [0.3, 0.4) is 0 Å². The molecule has 1 aromatic rings. The van der Waals surface area contributed by atoms with Crippen molar-refractivity contribution in [3.8, 4) is 11.5 Å². The second-order valence-electron chi connectivity index (χ2n) is 7.02. The number of sulfonamides is 1. The molecule has 3 rings (SSSR count). The predicted octanol–water partition coefficient (Wildman–Crippen LogP) is 1.74. The van der Waals surface area contributed by atoms with Crippen LogP contribution in [-0.4, -0.2) is 52.9 Å². The van der Waals surface area contributed by atoms with Crippen molar-refractivity contribution in [1.29, 1.82) is 0 Å². The van der Waals surface area contributed by atoms with E-state index in [1.54, 1.807) is 6.07 Å². The molecule has 0 unspecified atom stereocenters. The minimum Gasteiger partial charge on any atom is -0.493 e. The molecule has 1 aromatic carbocycles.